The summed E-state index contributed by atoms with van der Waals surface area (Å²) in [5, 5.41) is 8.23. The quantitative estimate of drug-likeness (QED) is 0.899. The van der Waals surface area contributed by atoms with Gasteiger partial charge < -0.3 is 10.8 Å². The summed E-state index contributed by atoms with van der Waals surface area (Å²) in [5.74, 6) is -0.910. The van der Waals surface area contributed by atoms with Crippen molar-refractivity contribution in [2.24, 2.45) is 11.7 Å². The molecule has 0 saturated heterocycles. The second kappa shape index (κ2) is 8.12. The molecule has 0 spiro atoms. The molecular weight excluding hydrogens is 250 g/mol. The topological polar surface area (TPSA) is 63.3 Å². The molecule has 2 rings (SSSR count). The van der Waals surface area contributed by atoms with Crippen molar-refractivity contribution in [1.29, 1.82) is 0 Å². The van der Waals surface area contributed by atoms with Crippen molar-refractivity contribution in [2.75, 3.05) is 0 Å². The third kappa shape index (κ3) is 5.24. The number of carboxylic acids is 1. The second-order valence-electron chi connectivity index (χ2n) is 4.84. The van der Waals surface area contributed by atoms with E-state index >= 15 is 0 Å². The molecule has 0 aliphatic carbocycles. The van der Waals surface area contributed by atoms with Gasteiger partial charge in [0.1, 0.15) is 6.04 Å². The van der Waals surface area contributed by atoms with Crippen molar-refractivity contribution in [3.8, 4) is 11.1 Å². The third-order valence-electron chi connectivity index (χ3n) is 2.88. The van der Waals surface area contributed by atoms with Crippen LogP contribution in [0.3, 0.4) is 0 Å². The van der Waals surface area contributed by atoms with E-state index in [1.165, 1.54) is 11.1 Å². The van der Waals surface area contributed by atoms with Gasteiger partial charge in [-0.1, -0.05) is 74.5 Å². The van der Waals surface area contributed by atoms with Crippen molar-refractivity contribution in [2.45, 2.75) is 19.9 Å². The van der Waals surface area contributed by atoms with Crippen molar-refractivity contribution < 1.29 is 9.90 Å². The normalized spacial score (nSPS) is 11.4. The highest BCUT2D eigenvalue weighted by molar-refractivity contribution is 5.73. The molecule has 3 nitrogen and oxygen atoms in total. The molecule has 20 heavy (non-hydrogen) atoms. The van der Waals surface area contributed by atoms with Crippen LogP contribution >= 0.6 is 0 Å². The van der Waals surface area contributed by atoms with Gasteiger partial charge in [-0.2, -0.15) is 0 Å². The SMILES string of the molecule is CC(C)[C@H](N)C(=O)O.c1ccc(-c2ccccc2)cc1. The van der Waals surface area contributed by atoms with Crippen LogP contribution in [0.25, 0.3) is 11.1 Å². The van der Waals surface area contributed by atoms with E-state index in [9.17, 15) is 4.79 Å². The Morgan fingerprint density at radius 2 is 1.25 bits per heavy atom. The summed E-state index contributed by atoms with van der Waals surface area (Å²) in [4.78, 5) is 10.0. The second-order valence-corrected chi connectivity index (χ2v) is 4.84. The summed E-state index contributed by atoms with van der Waals surface area (Å²) >= 11 is 0. The van der Waals surface area contributed by atoms with E-state index in [0.29, 0.717) is 0 Å². The lowest BCUT2D eigenvalue weighted by atomic mass is 10.1. The first kappa shape index (κ1) is 15.9. The zero-order valence-corrected chi connectivity index (χ0v) is 11.9. The first-order valence-corrected chi connectivity index (χ1v) is 6.61. The number of hydrogen-bond acceptors (Lipinski definition) is 2. The van der Waals surface area contributed by atoms with Gasteiger partial charge in [0.15, 0.2) is 0 Å². The average Bonchev–Trinajstić information content (AvgIpc) is 2.48. The molecule has 1 atom stereocenters. The minimum atomic E-state index is -0.931. The van der Waals surface area contributed by atoms with Crippen LogP contribution in [0.15, 0.2) is 60.7 Å². The van der Waals surface area contributed by atoms with Gasteiger partial charge in [-0.05, 0) is 17.0 Å². The van der Waals surface area contributed by atoms with Crippen LogP contribution in [0.2, 0.25) is 0 Å². The van der Waals surface area contributed by atoms with Crippen molar-refractivity contribution >= 4 is 5.97 Å². The van der Waals surface area contributed by atoms with E-state index in [2.05, 4.69) is 48.5 Å². The molecule has 0 heterocycles. The van der Waals surface area contributed by atoms with Crippen LogP contribution in [0.1, 0.15) is 13.8 Å². The minimum absolute atomic E-state index is 0.0208. The van der Waals surface area contributed by atoms with E-state index < -0.39 is 12.0 Å². The molecule has 0 amide bonds. The molecular formula is C17H21NO2. The van der Waals surface area contributed by atoms with E-state index in [1.807, 2.05) is 12.1 Å². The van der Waals surface area contributed by atoms with Gasteiger partial charge in [0, 0.05) is 0 Å². The van der Waals surface area contributed by atoms with Gasteiger partial charge in [0.2, 0.25) is 0 Å². The minimum Gasteiger partial charge on any atom is -0.480 e. The molecule has 0 aliphatic rings. The summed E-state index contributed by atoms with van der Waals surface area (Å²) in [5.41, 5.74) is 7.71. The molecule has 3 heteroatoms. The van der Waals surface area contributed by atoms with E-state index in [1.54, 1.807) is 13.8 Å². The molecule has 0 radical (unpaired) electrons. The predicted molar refractivity (Wildman–Crippen MR) is 82.3 cm³/mol. The maximum Gasteiger partial charge on any atom is 0.320 e. The number of aliphatic carboxylic acids is 1. The van der Waals surface area contributed by atoms with Gasteiger partial charge in [-0.25, -0.2) is 0 Å². The van der Waals surface area contributed by atoms with Gasteiger partial charge in [-0.3, -0.25) is 4.79 Å². The number of nitrogens with two attached hydrogens (primary N) is 1. The van der Waals surface area contributed by atoms with Crippen LogP contribution in [0.5, 0.6) is 0 Å². The van der Waals surface area contributed by atoms with Gasteiger partial charge in [0.05, 0.1) is 0 Å². The Balaban J connectivity index is 0.000000221. The van der Waals surface area contributed by atoms with E-state index in [0.717, 1.165) is 0 Å². The summed E-state index contributed by atoms with van der Waals surface area (Å²) in [6, 6.07) is 20.1. The van der Waals surface area contributed by atoms with Gasteiger partial charge in [-0.15, -0.1) is 0 Å². The number of rotatable bonds is 3. The first-order chi connectivity index (χ1) is 9.52. The van der Waals surface area contributed by atoms with Crippen LogP contribution in [-0.2, 0) is 4.79 Å². The molecule has 3 N–H and O–H groups in total. The van der Waals surface area contributed by atoms with Crippen LogP contribution in [-0.4, -0.2) is 17.1 Å². The van der Waals surface area contributed by atoms with Crippen molar-refractivity contribution in [3.63, 3.8) is 0 Å². The summed E-state index contributed by atoms with van der Waals surface area (Å²) in [6.07, 6.45) is 0. The molecule has 106 valence electrons. The van der Waals surface area contributed by atoms with Crippen molar-refractivity contribution in [3.05, 3.63) is 60.7 Å². The lowest BCUT2D eigenvalue weighted by molar-refractivity contribution is -0.139. The summed E-state index contributed by atoms with van der Waals surface area (Å²) < 4.78 is 0. The zero-order valence-electron chi connectivity index (χ0n) is 11.9. The number of benzene rings is 2. The number of carbonyl (C=O) groups is 1. The average molecular weight is 271 g/mol. The monoisotopic (exact) mass is 271 g/mol. The van der Waals surface area contributed by atoms with Crippen LogP contribution in [0.4, 0.5) is 0 Å². The largest absolute Gasteiger partial charge is 0.480 e. The highest BCUT2D eigenvalue weighted by Crippen LogP contribution is 2.17. The fourth-order valence-corrected chi connectivity index (χ4v) is 1.55. The first-order valence-electron chi connectivity index (χ1n) is 6.61. The number of hydrogen-bond donors (Lipinski definition) is 2. The molecule has 0 saturated carbocycles. The summed E-state index contributed by atoms with van der Waals surface area (Å²) in [7, 11) is 0. The van der Waals surface area contributed by atoms with E-state index in [-0.39, 0.29) is 5.92 Å². The fourth-order valence-electron chi connectivity index (χ4n) is 1.55. The zero-order chi connectivity index (χ0) is 15.0. The highest BCUT2D eigenvalue weighted by atomic mass is 16.4. The molecule has 0 aromatic heterocycles. The Labute approximate surface area is 120 Å². The third-order valence-corrected chi connectivity index (χ3v) is 2.88. The smallest absolute Gasteiger partial charge is 0.320 e. The lowest BCUT2D eigenvalue weighted by Crippen LogP contribution is -2.34. The Kier molecular flexibility index (Phi) is 6.47. The maximum absolute atomic E-state index is 10.0. The maximum atomic E-state index is 10.0. The Morgan fingerprint density at radius 1 is 0.900 bits per heavy atom. The molecule has 2 aromatic rings. The Morgan fingerprint density at radius 3 is 1.45 bits per heavy atom. The van der Waals surface area contributed by atoms with Gasteiger partial charge in [0.25, 0.3) is 0 Å². The molecule has 2 aromatic carbocycles. The standard InChI is InChI=1S/C12H10.C5H11NO2/c1-3-7-11(8-4-1)12-9-5-2-6-10-12;1-3(2)4(6)5(7)8/h1-10H;3-4H,6H2,1-2H3,(H,7,8)/t;4-/m.0/s1. The Hall–Kier alpha value is -2.13. The molecule has 0 aliphatic heterocycles. The lowest BCUT2D eigenvalue weighted by Gasteiger charge is -2.07. The fraction of sp³-hybridized carbons (Fsp3) is 0.235. The Bertz CT molecular complexity index is 472. The van der Waals surface area contributed by atoms with Crippen LogP contribution in [0, 0.1) is 5.92 Å². The highest BCUT2D eigenvalue weighted by Gasteiger charge is 2.14. The predicted octanol–water partition coefficient (Wildman–Crippen LogP) is 3.41. The molecule has 0 fully saturated rings. The molecule has 0 unspecified atom stereocenters. The van der Waals surface area contributed by atoms with Crippen molar-refractivity contribution in [1.82, 2.24) is 0 Å². The number of carboxylic acid groups (broad SMARTS) is 1. The van der Waals surface area contributed by atoms with Crippen LogP contribution < -0.4 is 5.73 Å². The van der Waals surface area contributed by atoms with E-state index in [4.69, 9.17) is 10.8 Å². The molecule has 0 bridgehead atoms. The summed E-state index contributed by atoms with van der Waals surface area (Å²) in [6.45, 7) is 3.55. The van der Waals surface area contributed by atoms with Gasteiger partial charge >= 0.3 is 5.97 Å².